The van der Waals surface area contributed by atoms with Crippen molar-refractivity contribution in [1.29, 1.82) is 0 Å². The summed E-state index contributed by atoms with van der Waals surface area (Å²) < 4.78 is 0. The molecular formula is C45H28N4S. The smallest absolute Gasteiger partial charge is 0.182 e. The molecule has 50 heavy (non-hydrogen) atoms. The van der Waals surface area contributed by atoms with Crippen LogP contribution in [0.4, 0.5) is 0 Å². The SMILES string of the molecule is c1ccc(-c2nc(-c3ccc(-c4cccc5c4Sc4ccccc4C54c5ccccc5-c5ccccc54)cc3)nc(-c3ccccn3)n2)cc1. The van der Waals surface area contributed by atoms with Gasteiger partial charge in [0.05, 0.1) is 5.41 Å². The van der Waals surface area contributed by atoms with Crippen LogP contribution in [0, 0.1) is 0 Å². The van der Waals surface area contributed by atoms with Crippen molar-refractivity contribution in [2.24, 2.45) is 0 Å². The van der Waals surface area contributed by atoms with Gasteiger partial charge in [0.15, 0.2) is 17.5 Å². The number of nitrogens with zero attached hydrogens (tertiary/aromatic N) is 4. The maximum Gasteiger partial charge on any atom is 0.182 e. The number of hydrogen-bond donors (Lipinski definition) is 0. The number of benzene rings is 6. The van der Waals surface area contributed by atoms with Crippen molar-refractivity contribution >= 4 is 11.8 Å². The van der Waals surface area contributed by atoms with Gasteiger partial charge in [-0.3, -0.25) is 4.98 Å². The monoisotopic (exact) mass is 656 g/mol. The molecule has 0 amide bonds. The Morgan fingerprint density at radius 1 is 0.380 bits per heavy atom. The highest BCUT2D eigenvalue weighted by atomic mass is 32.2. The lowest BCUT2D eigenvalue weighted by Gasteiger charge is -2.40. The normalized spacial score (nSPS) is 13.3. The molecular weight excluding hydrogens is 629 g/mol. The van der Waals surface area contributed by atoms with Gasteiger partial charge in [-0.15, -0.1) is 0 Å². The van der Waals surface area contributed by atoms with Crippen LogP contribution in [0.15, 0.2) is 180 Å². The van der Waals surface area contributed by atoms with Gasteiger partial charge < -0.3 is 0 Å². The lowest BCUT2D eigenvalue weighted by molar-refractivity contribution is 0.723. The fraction of sp³-hybridized carbons (Fsp3) is 0.0222. The van der Waals surface area contributed by atoms with Crippen LogP contribution in [0.25, 0.3) is 56.5 Å². The Hall–Kier alpha value is -6.17. The molecule has 2 aliphatic rings. The van der Waals surface area contributed by atoms with E-state index in [1.807, 2.05) is 60.3 Å². The average Bonchev–Trinajstić information content (AvgIpc) is 3.49. The minimum Gasteiger partial charge on any atom is -0.253 e. The molecule has 234 valence electrons. The summed E-state index contributed by atoms with van der Waals surface area (Å²) in [5, 5.41) is 0. The summed E-state index contributed by atoms with van der Waals surface area (Å²) in [7, 11) is 0. The van der Waals surface area contributed by atoms with Crippen molar-refractivity contribution in [1.82, 2.24) is 19.9 Å². The van der Waals surface area contributed by atoms with Crippen molar-refractivity contribution < 1.29 is 0 Å². The molecule has 0 saturated carbocycles. The first-order valence-corrected chi connectivity index (χ1v) is 17.5. The summed E-state index contributed by atoms with van der Waals surface area (Å²) >= 11 is 1.87. The molecule has 4 nitrogen and oxygen atoms in total. The van der Waals surface area contributed by atoms with Crippen LogP contribution in [-0.4, -0.2) is 19.9 Å². The maximum absolute atomic E-state index is 4.93. The zero-order valence-corrected chi connectivity index (χ0v) is 27.7. The molecule has 1 spiro atoms. The molecule has 0 radical (unpaired) electrons. The molecule has 1 aliphatic carbocycles. The predicted octanol–water partition coefficient (Wildman–Crippen LogP) is 10.8. The Balaban J connectivity index is 1.13. The van der Waals surface area contributed by atoms with E-state index in [0.717, 1.165) is 16.7 Å². The zero-order valence-electron chi connectivity index (χ0n) is 26.9. The molecule has 10 rings (SSSR count). The second kappa shape index (κ2) is 11.5. The van der Waals surface area contributed by atoms with E-state index in [2.05, 4.69) is 120 Å². The second-order valence-electron chi connectivity index (χ2n) is 12.6. The van der Waals surface area contributed by atoms with E-state index in [1.54, 1.807) is 6.20 Å². The van der Waals surface area contributed by atoms with Crippen LogP contribution in [-0.2, 0) is 5.41 Å². The number of rotatable bonds is 4. The van der Waals surface area contributed by atoms with Gasteiger partial charge in [-0.25, -0.2) is 15.0 Å². The van der Waals surface area contributed by atoms with Gasteiger partial charge in [0.1, 0.15) is 5.69 Å². The highest BCUT2D eigenvalue weighted by Gasteiger charge is 2.50. The van der Waals surface area contributed by atoms with E-state index in [0.29, 0.717) is 23.2 Å². The van der Waals surface area contributed by atoms with Crippen molar-refractivity contribution in [2.45, 2.75) is 15.2 Å². The first-order valence-electron chi connectivity index (χ1n) is 16.7. The van der Waals surface area contributed by atoms with Crippen molar-refractivity contribution in [3.05, 3.63) is 192 Å². The Morgan fingerprint density at radius 2 is 0.920 bits per heavy atom. The highest BCUT2D eigenvalue weighted by molar-refractivity contribution is 7.99. The highest BCUT2D eigenvalue weighted by Crippen LogP contribution is 2.63. The van der Waals surface area contributed by atoms with Gasteiger partial charge in [-0.2, -0.15) is 0 Å². The molecule has 6 aromatic carbocycles. The second-order valence-corrected chi connectivity index (χ2v) is 13.6. The Bertz CT molecular complexity index is 2460. The van der Waals surface area contributed by atoms with Gasteiger partial charge in [0, 0.05) is 27.1 Å². The van der Waals surface area contributed by atoms with Gasteiger partial charge in [-0.05, 0) is 62.7 Å². The average molecular weight is 657 g/mol. The van der Waals surface area contributed by atoms with E-state index in [9.17, 15) is 0 Å². The van der Waals surface area contributed by atoms with Crippen molar-refractivity contribution in [2.75, 3.05) is 0 Å². The Labute approximate surface area is 294 Å². The fourth-order valence-corrected chi connectivity index (χ4v) is 9.06. The van der Waals surface area contributed by atoms with Gasteiger partial charge in [-0.1, -0.05) is 157 Å². The molecule has 5 heteroatoms. The van der Waals surface area contributed by atoms with Crippen molar-refractivity contribution in [3.8, 4) is 56.5 Å². The molecule has 1 aliphatic heterocycles. The minimum absolute atomic E-state index is 0.402. The molecule has 0 unspecified atom stereocenters. The summed E-state index contributed by atoms with van der Waals surface area (Å²) in [4.78, 5) is 21.8. The lowest BCUT2D eigenvalue weighted by atomic mass is 9.67. The fourth-order valence-electron chi connectivity index (χ4n) is 7.74. The summed E-state index contributed by atoms with van der Waals surface area (Å²) in [5.41, 5.74) is 12.5. The topological polar surface area (TPSA) is 51.6 Å². The van der Waals surface area contributed by atoms with Crippen LogP contribution in [0.5, 0.6) is 0 Å². The molecule has 8 aromatic rings. The first-order chi connectivity index (χ1) is 24.8. The maximum atomic E-state index is 4.93. The molecule has 0 N–H and O–H groups in total. The van der Waals surface area contributed by atoms with Gasteiger partial charge in [0.2, 0.25) is 0 Å². The van der Waals surface area contributed by atoms with E-state index in [1.165, 1.54) is 48.7 Å². The summed E-state index contributed by atoms with van der Waals surface area (Å²) in [6.45, 7) is 0. The van der Waals surface area contributed by atoms with Crippen LogP contribution >= 0.6 is 11.8 Å². The van der Waals surface area contributed by atoms with Crippen LogP contribution in [0.3, 0.4) is 0 Å². The third-order valence-corrected chi connectivity index (χ3v) is 11.1. The number of hydrogen-bond acceptors (Lipinski definition) is 5. The van der Waals surface area contributed by atoms with E-state index < -0.39 is 5.41 Å². The zero-order chi connectivity index (χ0) is 33.1. The number of pyridine rings is 1. The molecule has 0 bridgehead atoms. The Morgan fingerprint density at radius 3 is 1.62 bits per heavy atom. The lowest BCUT2D eigenvalue weighted by Crippen LogP contribution is -2.32. The first kappa shape index (κ1) is 28.8. The van der Waals surface area contributed by atoms with Gasteiger partial charge >= 0.3 is 0 Å². The quantitative estimate of drug-likeness (QED) is 0.189. The molecule has 0 atom stereocenters. The summed E-state index contributed by atoms with van der Waals surface area (Å²) in [6.07, 6.45) is 1.76. The van der Waals surface area contributed by atoms with E-state index in [4.69, 9.17) is 15.0 Å². The minimum atomic E-state index is -0.402. The number of fused-ring (bicyclic) bond motifs is 9. The third kappa shape index (κ3) is 4.34. The number of aromatic nitrogens is 4. The Kier molecular flexibility index (Phi) is 6.61. The molecule has 3 heterocycles. The summed E-state index contributed by atoms with van der Waals surface area (Å²) in [6, 6.07) is 58.1. The standard InChI is InChI=1S/C45H28N4S/c1-2-13-30(14-3-1)42-47-43(49-44(48-42)39-22-10-11-28-46-39)31-26-24-29(25-27-31)32-17-12-21-38-41(32)50-40-23-9-8-20-37(40)45(38)35-18-6-4-15-33(35)34-16-5-7-19-36(34)45/h1-28H. The van der Waals surface area contributed by atoms with Crippen LogP contribution in [0.2, 0.25) is 0 Å². The van der Waals surface area contributed by atoms with Crippen LogP contribution in [0.1, 0.15) is 22.3 Å². The van der Waals surface area contributed by atoms with Crippen LogP contribution < -0.4 is 0 Å². The third-order valence-electron chi connectivity index (χ3n) is 9.89. The molecule has 0 fully saturated rings. The van der Waals surface area contributed by atoms with Gasteiger partial charge in [0.25, 0.3) is 0 Å². The molecule has 0 saturated heterocycles. The predicted molar refractivity (Wildman–Crippen MR) is 201 cm³/mol. The summed E-state index contributed by atoms with van der Waals surface area (Å²) in [5.74, 6) is 1.78. The largest absolute Gasteiger partial charge is 0.253 e. The van der Waals surface area contributed by atoms with E-state index in [-0.39, 0.29) is 0 Å². The molecule has 2 aromatic heterocycles. The van der Waals surface area contributed by atoms with Crippen molar-refractivity contribution in [3.63, 3.8) is 0 Å². The van der Waals surface area contributed by atoms with E-state index >= 15 is 0 Å².